The first-order valence-corrected chi connectivity index (χ1v) is 7.60. The number of hydrogen-bond acceptors (Lipinski definition) is 5. The van der Waals surface area contributed by atoms with Crippen molar-refractivity contribution in [2.75, 3.05) is 32.0 Å². The molecule has 1 saturated heterocycles. The Hall–Kier alpha value is -1.15. The zero-order valence-electron chi connectivity index (χ0n) is 11.1. The number of nitrogen functional groups attached to an aromatic ring is 1. The number of morpholine rings is 1. The summed E-state index contributed by atoms with van der Waals surface area (Å²) in [6, 6.07) is 3.26. The third-order valence-electron chi connectivity index (χ3n) is 3.19. The summed E-state index contributed by atoms with van der Waals surface area (Å²) in [6.45, 7) is 5.76. The van der Waals surface area contributed by atoms with Crippen molar-refractivity contribution in [2.24, 2.45) is 0 Å². The highest BCUT2D eigenvalue weighted by atomic mass is 32.2. The van der Waals surface area contributed by atoms with E-state index in [4.69, 9.17) is 10.5 Å². The topological polar surface area (TPSA) is 84.7 Å². The van der Waals surface area contributed by atoms with Crippen LogP contribution in [0, 0.1) is 13.8 Å². The largest absolute Gasteiger partial charge is 0.399 e. The van der Waals surface area contributed by atoms with Gasteiger partial charge >= 0.3 is 0 Å². The van der Waals surface area contributed by atoms with Crippen LogP contribution < -0.4 is 10.6 Å². The minimum absolute atomic E-state index is 0.233. The Kier molecular flexibility index (Phi) is 4.10. The monoisotopic (exact) mass is 285 g/mol. The fourth-order valence-corrected chi connectivity index (χ4v) is 3.48. The standard InChI is InChI=1S/C12H19N3O3S/c1-9-7-11(13)8-12(10(9)2)19(16,17)14-15-3-5-18-6-4-15/h7-8,14H,3-6,13H2,1-2H3. The second kappa shape index (κ2) is 5.46. The third kappa shape index (κ3) is 3.24. The molecule has 1 aromatic carbocycles. The zero-order valence-corrected chi connectivity index (χ0v) is 12.0. The molecule has 2 rings (SSSR count). The molecule has 1 aliphatic rings. The number of nitrogens with two attached hydrogens (primary N) is 1. The molecule has 0 aliphatic carbocycles. The predicted molar refractivity (Wildman–Crippen MR) is 73.0 cm³/mol. The van der Waals surface area contributed by atoms with E-state index in [1.807, 2.05) is 6.92 Å². The van der Waals surface area contributed by atoms with Crippen molar-refractivity contribution in [3.63, 3.8) is 0 Å². The highest BCUT2D eigenvalue weighted by Crippen LogP contribution is 2.22. The molecule has 0 bridgehead atoms. The Balaban J connectivity index is 2.28. The second-order valence-electron chi connectivity index (χ2n) is 4.66. The first-order valence-electron chi connectivity index (χ1n) is 6.12. The van der Waals surface area contributed by atoms with Crippen molar-refractivity contribution in [2.45, 2.75) is 18.7 Å². The fourth-order valence-electron chi connectivity index (χ4n) is 2.01. The number of nitrogens with one attached hydrogen (secondary N) is 1. The lowest BCUT2D eigenvalue weighted by Crippen LogP contribution is -2.48. The minimum Gasteiger partial charge on any atom is -0.399 e. The fraction of sp³-hybridized carbons (Fsp3) is 0.500. The van der Waals surface area contributed by atoms with Crippen molar-refractivity contribution < 1.29 is 13.2 Å². The minimum atomic E-state index is -3.60. The summed E-state index contributed by atoms with van der Waals surface area (Å²) in [6.07, 6.45) is 0. The van der Waals surface area contributed by atoms with Gasteiger partial charge in [-0.15, -0.1) is 4.83 Å². The molecule has 1 heterocycles. The number of hydrogen-bond donors (Lipinski definition) is 2. The molecule has 1 fully saturated rings. The maximum absolute atomic E-state index is 12.4. The van der Waals surface area contributed by atoms with Crippen LogP contribution in [0.5, 0.6) is 0 Å². The molecule has 6 nitrogen and oxygen atoms in total. The third-order valence-corrected chi connectivity index (χ3v) is 4.69. The van der Waals surface area contributed by atoms with Crippen molar-refractivity contribution in [3.05, 3.63) is 23.3 Å². The number of anilines is 1. The highest BCUT2D eigenvalue weighted by Gasteiger charge is 2.22. The molecular weight excluding hydrogens is 266 g/mol. The molecule has 0 atom stereocenters. The summed E-state index contributed by atoms with van der Waals surface area (Å²) in [5.74, 6) is 0. The lowest BCUT2D eigenvalue weighted by atomic mass is 10.1. The smallest absolute Gasteiger partial charge is 0.253 e. The summed E-state index contributed by atoms with van der Waals surface area (Å²) >= 11 is 0. The normalized spacial score (nSPS) is 17.6. The van der Waals surface area contributed by atoms with Crippen LogP contribution in [0.3, 0.4) is 0 Å². The molecule has 106 valence electrons. The highest BCUT2D eigenvalue weighted by molar-refractivity contribution is 7.89. The van der Waals surface area contributed by atoms with Crippen molar-refractivity contribution in [1.82, 2.24) is 9.84 Å². The van der Waals surface area contributed by atoms with Gasteiger partial charge < -0.3 is 10.5 Å². The van der Waals surface area contributed by atoms with Crippen LogP contribution >= 0.6 is 0 Å². The van der Waals surface area contributed by atoms with Crippen LogP contribution in [0.2, 0.25) is 0 Å². The molecule has 3 N–H and O–H groups in total. The van der Waals surface area contributed by atoms with Gasteiger partial charge in [0.15, 0.2) is 0 Å². The lowest BCUT2D eigenvalue weighted by Gasteiger charge is -2.27. The van der Waals surface area contributed by atoms with E-state index in [1.165, 1.54) is 6.07 Å². The molecule has 0 aromatic heterocycles. The maximum atomic E-state index is 12.4. The van der Waals surface area contributed by atoms with E-state index in [1.54, 1.807) is 18.0 Å². The van der Waals surface area contributed by atoms with E-state index in [9.17, 15) is 8.42 Å². The van der Waals surface area contributed by atoms with Crippen LogP contribution in [0.1, 0.15) is 11.1 Å². The average Bonchev–Trinajstić information content (AvgIpc) is 2.34. The van der Waals surface area contributed by atoms with Crippen LogP contribution in [-0.4, -0.2) is 39.7 Å². The Labute approximate surface area is 113 Å². The first-order chi connectivity index (χ1) is 8.90. The molecule has 1 aromatic rings. The molecule has 0 amide bonds. The molecular formula is C12H19N3O3S. The maximum Gasteiger partial charge on any atom is 0.253 e. The number of nitrogens with zero attached hydrogens (tertiary/aromatic N) is 1. The summed E-state index contributed by atoms with van der Waals surface area (Å²) in [4.78, 5) is 2.81. The van der Waals surface area contributed by atoms with Gasteiger partial charge in [-0.25, -0.2) is 13.4 Å². The Bertz CT molecular complexity index is 566. The Morgan fingerprint density at radius 3 is 2.53 bits per heavy atom. The molecule has 0 saturated carbocycles. The van der Waals surface area contributed by atoms with E-state index in [2.05, 4.69) is 4.83 Å². The van der Waals surface area contributed by atoms with Gasteiger partial charge in [-0.05, 0) is 37.1 Å². The van der Waals surface area contributed by atoms with E-state index < -0.39 is 10.0 Å². The Morgan fingerprint density at radius 2 is 1.89 bits per heavy atom. The van der Waals surface area contributed by atoms with E-state index in [0.717, 1.165) is 11.1 Å². The number of sulfonamides is 1. The number of benzene rings is 1. The average molecular weight is 285 g/mol. The predicted octanol–water partition coefficient (Wildman–Crippen LogP) is 0.411. The van der Waals surface area contributed by atoms with Gasteiger partial charge in [-0.2, -0.15) is 0 Å². The van der Waals surface area contributed by atoms with Crippen LogP contribution in [-0.2, 0) is 14.8 Å². The number of rotatable bonds is 3. The summed E-state index contributed by atoms with van der Waals surface area (Å²) < 4.78 is 29.9. The van der Waals surface area contributed by atoms with Gasteiger partial charge in [0.1, 0.15) is 0 Å². The first kappa shape index (κ1) is 14.3. The zero-order chi connectivity index (χ0) is 14.0. The molecule has 0 spiro atoms. The number of aryl methyl sites for hydroxylation is 1. The summed E-state index contributed by atoms with van der Waals surface area (Å²) in [5, 5.41) is 1.65. The molecule has 0 radical (unpaired) electrons. The van der Waals surface area contributed by atoms with Gasteiger partial charge in [0.05, 0.1) is 18.1 Å². The van der Waals surface area contributed by atoms with E-state index in [0.29, 0.717) is 32.0 Å². The molecule has 19 heavy (non-hydrogen) atoms. The van der Waals surface area contributed by atoms with E-state index >= 15 is 0 Å². The SMILES string of the molecule is Cc1cc(N)cc(S(=O)(=O)NN2CCOCC2)c1C. The molecule has 1 aliphatic heterocycles. The Morgan fingerprint density at radius 1 is 1.26 bits per heavy atom. The van der Waals surface area contributed by atoms with Crippen LogP contribution in [0.15, 0.2) is 17.0 Å². The van der Waals surface area contributed by atoms with Gasteiger partial charge in [0.2, 0.25) is 0 Å². The van der Waals surface area contributed by atoms with Crippen LogP contribution in [0.4, 0.5) is 5.69 Å². The summed E-state index contributed by atoms with van der Waals surface area (Å²) in [7, 11) is -3.60. The van der Waals surface area contributed by atoms with Gasteiger partial charge in [-0.1, -0.05) is 0 Å². The lowest BCUT2D eigenvalue weighted by molar-refractivity contribution is 0.0272. The quantitative estimate of drug-likeness (QED) is 0.786. The molecule has 7 heteroatoms. The van der Waals surface area contributed by atoms with Crippen LogP contribution in [0.25, 0.3) is 0 Å². The van der Waals surface area contributed by atoms with E-state index in [-0.39, 0.29) is 4.90 Å². The van der Waals surface area contributed by atoms with Gasteiger partial charge in [0.25, 0.3) is 10.0 Å². The van der Waals surface area contributed by atoms with Crippen molar-refractivity contribution >= 4 is 15.7 Å². The van der Waals surface area contributed by atoms with Gasteiger partial charge in [0, 0.05) is 18.8 Å². The molecule has 0 unspecified atom stereocenters. The number of ether oxygens (including phenoxy) is 1. The second-order valence-corrected chi connectivity index (χ2v) is 6.28. The number of hydrazine groups is 1. The van der Waals surface area contributed by atoms with Crippen molar-refractivity contribution in [1.29, 1.82) is 0 Å². The van der Waals surface area contributed by atoms with Gasteiger partial charge in [-0.3, -0.25) is 0 Å². The van der Waals surface area contributed by atoms with Crippen molar-refractivity contribution in [3.8, 4) is 0 Å². The summed E-state index contributed by atoms with van der Waals surface area (Å²) in [5.41, 5.74) is 7.76.